The molecule has 0 radical (unpaired) electrons. The van der Waals surface area contributed by atoms with Gasteiger partial charge in [-0.1, -0.05) is 4.98 Å². The molecule has 0 aromatic carbocycles. The summed E-state index contributed by atoms with van der Waals surface area (Å²) in [7, 11) is -2.29. The molecule has 1 saturated carbocycles. The minimum absolute atomic E-state index is 0.0140. The Kier molecular flexibility index (Phi) is 9.71. The SMILES string of the molecule is C=[N+]([O-])c1ncc(C(C)N(c2cnc3cc(N4CCOCC4)nc(OC4CCC(Nc5cncc(C(F)(F)F)n5)CC4)c3c2)S(C)(=O)=O)n1C. The molecule has 19 heteroatoms. The molecule has 0 bridgehead atoms. The number of imidazole rings is 1. The average molecular weight is 719 g/mol. The summed E-state index contributed by atoms with van der Waals surface area (Å²) in [5, 5.41) is 15.4. The van der Waals surface area contributed by atoms with Crippen LogP contribution in [0.3, 0.4) is 0 Å². The molecule has 1 atom stereocenters. The van der Waals surface area contributed by atoms with E-state index < -0.39 is 27.9 Å². The number of fused-ring (bicyclic) bond motifs is 1. The monoisotopic (exact) mass is 718 g/mol. The van der Waals surface area contributed by atoms with Crippen molar-refractivity contribution < 1.29 is 35.8 Å². The molecule has 15 nitrogen and oxygen atoms in total. The second-order valence-corrected chi connectivity index (χ2v) is 14.2. The van der Waals surface area contributed by atoms with Gasteiger partial charge >= 0.3 is 12.1 Å². The van der Waals surface area contributed by atoms with Crippen molar-refractivity contribution in [1.29, 1.82) is 0 Å². The number of nitrogens with one attached hydrogen (secondary N) is 1. The predicted molar refractivity (Wildman–Crippen MR) is 179 cm³/mol. The Balaban J connectivity index is 1.29. The first-order chi connectivity index (χ1) is 23.7. The summed E-state index contributed by atoms with van der Waals surface area (Å²) in [6.45, 7) is 7.31. The largest absolute Gasteiger partial charge is 0.741 e. The van der Waals surface area contributed by atoms with E-state index in [-0.39, 0.29) is 35.5 Å². The Labute approximate surface area is 286 Å². The molecule has 4 aromatic heterocycles. The van der Waals surface area contributed by atoms with Gasteiger partial charge in [-0.05, 0) is 38.7 Å². The maximum atomic E-state index is 13.3. The van der Waals surface area contributed by atoms with Crippen molar-refractivity contribution in [2.45, 2.75) is 57.0 Å². The van der Waals surface area contributed by atoms with E-state index >= 15 is 0 Å². The van der Waals surface area contributed by atoms with Gasteiger partial charge < -0.3 is 24.9 Å². The van der Waals surface area contributed by atoms with Crippen LogP contribution in [0.1, 0.15) is 50.0 Å². The molecule has 0 amide bonds. The molecule has 1 aliphatic carbocycles. The number of sulfonamides is 1. The molecule has 1 unspecified atom stereocenters. The topological polar surface area (TPSA) is 167 Å². The van der Waals surface area contributed by atoms with Crippen LogP contribution in [-0.2, 0) is 28.0 Å². The maximum absolute atomic E-state index is 13.3. The molecule has 6 rings (SSSR count). The maximum Gasteiger partial charge on any atom is 0.434 e. The second kappa shape index (κ2) is 13.9. The highest BCUT2D eigenvalue weighted by molar-refractivity contribution is 7.92. The number of anilines is 3. The lowest BCUT2D eigenvalue weighted by Gasteiger charge is -2.31. The number of alkyl halides is 3. The number of pyridine rings is 2. The minimum atomic E-state index is -4.60. The third kappa shape index (κ3) is 7.52. The van der Waals surface area contributed by atoms with E-state index in [2.05, 4.69) is 36.9 Å². The highest BCUT2D eigenvalue weighted by Crippen LogP contribution is 2.37. The van der Waals surface area contributed by atoms with Gasteiger partial charge in [-0.25, -0.2) is 18.0 Å². The Morgan fingerprint density at radius 3 is 2.46 bits per heavy atom. The molecule has 4 aromatic rings. The lowest BCUT2D eigenvalue weighted by atomic mass is 9.93. The fourth-order valence-electron chi connectivity index (χ4n) is 6.35. The standard InChI is InChI=1S/C31H37F3N10O5S/c1-19(25-16-37-30(41(25)2)42(3)45)44(50(4,46)47)21-13-23-24(36-15-21)14-28(43-9-11-48-12-10-43)40-29(23)49-22-7-5-20(6-8-22)38-27-18-35-17-26(39-27)31(32,33)34/h13-20,22H,3,5-12H2,1-2,4H3,(H,38,39). The Morgan fingerprint density at radius 2 is 1.82 bits per heavy atom. The van der Waals surface area contributed by atoms with Gasteiger partial charge in [0, 0.05) is 31.9 Å². The zero-order valence-electron chi connectivity index (χ0n) is 27.7. The number of halogens is 3. The van der Waals surface area contributed by atoms with E-state index in [1.807, 2.05) is 6.07 Å². The van der Waals surface area contributed by atoms with Gasteiger partial charge in [0.15, 0.2) is 5.69 Å². The van der Waals surface area contributed by atoms with Gasteiger partial charge in [0.05, 0.1) is 67.7 Å². The number of hydrogen-bond acceptors (Lipinski definition) is 12. The van der Waals surface area contributed by atoms with Crippen molar-refractivity contribution >= 4 is 50.9 Å². The first-order valence-electron chi connectivity index (χ1n) is 15.9. The van der Waals surface area contributed by atoms with Crippen molar-refractivity contribution in [1.82, 2.24) is 29.5 Å². The van der Waals surface area contributed by atoms with Crippen LogP contribution in [-0.4, -0.2) is 94.1 Å². The van der Waals surface area contributed by atoms with E-state index in [1.54, 1.807) is 20.0 Å². The van der Waals surface area contributed by atoms with E-state index in [0.717, 1.165) is 6.26 Å². The lowest BCUT2D eigenvalue weighted by Crippen LogP contribution is -2.37. The molecule has 5 heterocycles. The summed E-state index contributed by atoms with van der Waals surface area (Å²) in [6, 6.07) is 2.57. The quantitative estimate of drug-likeness (QED) is 0.108. The minimum Gasteiger partial charge on any atom is -0.741 e. The highest BCUT2D eigenvalue weighted by Gasteiger charge is 2.34. The van der Waals surface area contributed by atoms with Crippen LogP contribution in [0.25, 0.3) is 10.9 Å². The van der Waals surface area contributed by atoms with E-state index in [4.69, 9.17) is 14.5 Å². The van der Waals surface area contributed by atoms with Crippen LogP contribution >= 0.6 is 0 Å². The van der Waals surface area contributed by atoms with E-state index in [0.29, 0.717) is 85.3 Å². The summed E-state index contributed by atoms with van der Waals surface area (Å²) < 4.78 is 81.0. The predicted octanol–water partition coefficient (Wildman–Crippen LogP) is 4.18. The zero-order chi connectivity index (χ0) is 35.8. The van der Waals surface area contributed by atoms with Crippen LogP contribution in [0.2, 0.25) is 0 Å². The van der Waals surface area contributed by atoms with Gasteiger partial charge in [-0.15, -0.1) is 0 Å². The van der Waals surface area contributed by atoms with Gasteiger partial charge in [-0.2, -0.15) is 18.2 Å². The van der Waals surface area contributed by atoms with Crippen LogP contribution < -0.4 is 19.3 Å². The first kappa shape index (κ1) is 35.1. The molecule has 1 aliphatic heterocycles. The van der Waals surface area contributed by atoms with Crippen LogP contribution in [0.5, 0.6) is 5.88 Å². The second-order valence-electron chi connectivity index (χ2n) is 12.3. The third-order valence-corrected chi connectivity index (χ3v) is 10.0. The van der Waals surface area contributed by atoms with Gasteiger partial charge in [0.1, 0.15) is 29.6 Å². The molecular weight excluding hydrogens is 681 g/mol. The Morgan fingerprint density at radius 1 is 1.10 bits per heavy atom. The summed E-state index contributed by atoms with van der Waals surface area (Å²) in [4.78, 5) is 23.0. The smallest absolute Gasteiger partial charge is 0.434 e. The van der Waals surface area contributed by atoms with Crippen molar-refractivity contribution in [2.24, 2.45) is 7.05 Å². The summed E-state index contributed by atoms with van der Waals surface area (Å²) in [6.07, 6.45) is 3.38. The van der Waals surface area contributed by atoms with Crippen molar-refractivity contribution in [3.05, 3.63) is 53.5 Å². The van der Waals surface area contributed by atoms with E-state index in [9.17, 15) is 26.8 Å². The molecule has 1 saturated heterocycles. The van der Waals surface area contributed by atoms with Crippen molar-refractivity contribution in [3.63, 3.8) is 0 Å². The molecular formula is C31H37F3N10O5S. The number of aromatic nitrogens is 6. The third-order valence-electron chi connectivity index (χ3n) is 8.80. The fourth-order valence-corrected chi connectivity index (χ4v) is 7.52. The Bertz CT molecular complexity index is 1980. The van der Waals surface area contributed by atoms with Crippen LogP contribution in [0, 0.1) is 5.21 Å². The van der Waals surface area contributed by atoms with Gasteiger partial charge in [-0.3, -0.25) is 19.0 Å². The lowest BCUT2D eigenvalue weighted by molar-refractivity contribution is -0.362. The summed E-state index contributed by atoms with van der Waals surface area (Å²) >= 11 is 0. The average Bonchev–Trinajstić information content (AvgIpc) is 3.47. The zero-order valence-corrected chi connectivity index (χ0v) is 28.5. The number of hydrogen-bond donors (Lipinski definition) is 1. The fraction of sp³-hybridized carbons (Fsp3) is 0.484. The highest BCUT2D eigenvalue weighted by atomic mass is 32.2. The van der Waals surface area contributed by atoms with Crippen LogP contribution in [0.15, 0.2) is 36.9 Å². The Hall–Kier alpha value is -4.78. The van der Waals surface area contributed by atoms with Gasteiger partial charge in [0.25, 0.3) is 0 Å². The molecule has 2 fully saturated rings. The van der Waals surface area contributed by atoms with Gasteiger partial charge in [0.2, 0.25) is 15.9 Å². The van der Waals surface area contributed by atoms with Crippen LogP contribution in [0.4, 0.5) is 36.4 Å². The molecule has 2 aliphatic rings. The summed E-state index contributed by atoms with van der Waals surface area (Å²) in [5.41, 5.74) is 0.187. The molecule has 0 spiro atoms. The number of nitrogens with zero attached hydrogens (tertiary/aromatic N) is 9. The summed E-state index contributed by atoms with van der Waals surface area (Å²) in [5.74, 6) is 0.986. The molecule has 50 heavy (non-hydrogen) atoms. The molecule has 268 valence electrons. The first-order valence-corrected chi connectivity index (χ1v) is 17.8. The number of rotatable bonds is 10. The molecule has 1 N–H and O–H groups in total. The van der Waals surface area contributed by atoms with Crippen molar-refractivity contribution in [2.75, 3.05) is 47.1 Å². The number of morpholine rings is 1. The number of ether oxygens (including phenoxy) is 2. The normalized spacial score (nSPS) is 19.3. The van der Waals surface area contributed by atoms with E-state index in [1.165, 1.54) is 27.5 Å². The van der Waals surface area contributed by atoms with Crippen molar-refractivity contribution in [3.8, 4) is 5.88 Å².